The summed E-state index contributed by atoms with van der Waals surface area (Å²) in [5.41, 5.74) is 9.40. The Balaban J connectivity index is 1.53. The maximum atomic E-state index is 12.5. The summed E-state index contributed by atoms with van der Waals surface area (Å²) in [6, 6.07) is 15.5. The largest absolute Gasteiger partial charge is 0.352 e. The molecule has 0 aromatic heterocycles. The molecule has 0 saturated heterocycles. The fraction of sp³-hybridized carbons (Fsp3) is 0.364. The first-order valence-corrected chi connectivity index (χ1v) is 9.78. The van der Waals surface area contributed by atoms with Gasteiger partial charge < -0.3 is 16.4 Å². The molecule has 3 rings (SSSR count). The number of hydrogen-bond acceptors (Lipinski definition) is 3. The first-order chi connectivity index (χ1) is 13.6. The van der Waals surface area contributed by atoms with Crippen LogP contribution in [0.15, 0.2) is 48.5 Å². The number of amides is 3. The predicted octanol–water partition coefficient (Wildman–Crippen LogP) is 2.42. The molecule has 0 fully saturated rings. The molecule has 1 aliphatic rings. The van der Waals surface area contributed by atoms with Crippen LogP contribution in [0.4, 0.5) is 4.79 Å². The van der Waals surface area contributed by atoms with Crippen LogP contribution < -0.4 is 16.4 Å². The average molecular weight is 380 g/mol. The molecule has 148 valence electrons. The number of urea groups is 1. The lowest BCUT2D eigenvalue weighted by Crippen LogP contribution is -2.45. The summed E-state index contributed by atoms with van der Waals surface area (Å²) in [5, 5.41) is 5.61. The maximum Gasteiger partial charge on any atom is 0.312 e. The second-order valence-corrected chi connectivity index (χ2v) is 7.18. The molecule has 2 aromatic rings. The molecule has 1 heterocycles. The molecule has 0 spiro atoms. The Hall–Kier alpha value is -2.86. The van der Waals surface area contributed by atoms with Crippen molar-refractivity contribution in [1.29, 1.82) is 0 Å². The summed E-state index contributed by atoms with van der Waals surface area (Å²) in [4.78, 5) is 25.7. The van der Waals surface area contributed by atoms with Crippen LogP contribution in [-0.2, 0) is 19.5 Å². The van der Waals surface area contributed by atoms with Gasteiger partial charge in [-0.1, -0.05) is 43.3 Å². The molecule has 0 aliphatic carbocycles. The normalized spacial score (nSPS) is 14.8. The van der Waals surface area contributed by atoms with Crippen molar-refractivity contribution in [3.8, 4) is 0 Å². The van der Waals surface area contributed by atoms with E-state index >= 15 is 0 Å². The van der Waals surface area contributed by atoms with E-state index in [1.165, 1.54) is 11.1 Å². The van der Waals surface area contributed by atoms with Crippen LogP contribution in [0.3, 0.4) is 0 Å². The van der Waals surface area contributed by atoms with Crippen molar-refractivity contribution in [2.45, 2.75) is 38.9 Å². The van der Waals surface area contributed by atoms with E-state index in [1.807, 2.05) is 12.1 Å². The zero-order chi connectivity index (χ0) is 19.9. The Morgan fingerprint density at radius 1 is 1.07 bits per heavy atom. The van der Waals surface area contributed by atoms with Crippen molar-refractivity contribution in [2.24, 2.45) is 5.73 Å². The fourth-order valence-corrected chi connectivity index (χ4v) is 3.64. The molecular weight excluding hydrogens is 352 g/mol. The third-order valence-corrected chi connectivity index (χ3v) is 5.33. The predicted molar refractivity (Wildman–Crippen MR) is 110 cm³/mol. The Kier molecular flexibility index (Phi) is 6.66. The van der Waals surface area contributed by atoms with Crippen LogP contribution >= 0.6 is 0 Å². The summed E-state index contributed by atoms with van der Waals surface area (Å²) in [7, 11) is 0. The molecule has 6 heteroatoms. The van der Waals surface area contributed by atoms with E-state index in [-0.39, 0.29) is 5.91 Å². The van der Waals surface area contributed by atoms with Gasteiger partial charge >= 0.3 is 6.03 Å². The second-order valence-electron chi connectivity index (χ2n) is 7.18. The van der Waals surface area contributed by atoms with E-state index in [4.69, 9.17) is 5.73 Å². The Labute approximate surface area is 166 Å². The van der Waals surface area contributed by atoms with Gasteiger partial charge in [0.15, 0.2) is 0 Å². The monoisotopic (exact) mass is 380 g/mol. The second kappa shape index (κ2) is 9.37. The third-order valence-electron chi connectivity index (χ3n) is 5.33. The number of rotatable bonds is 7. The van der Waals surface area contributed by atoms with Crippen molar-refractivity contribution in [3.05, 3.63) is 70.8 Å². The van der Waals surface area contributed by atoms with Gasteiger partial charge in [0.2, 0.25) is 0 Å². The van der Waals surface area contributed by atoms with Gasteiger partial charge in [-0.2, -0.15) is 0 Å². The number of hydrogen-bond donors (Lipinski definition) is 3. The molecule has 3 amide bonds. The number of fused-ring (bicyclic) bond motifs is 1. The van der Waals surface area contributed by atoms with Crippen LogP contribution in [0.25, 0.3) is 0 Å². The van der Waals surface area contributed by atoms with Gasteiger partial charge in [-0.15, -0.1) is 0 Å². The summed E-state index contributed by atoms with van der Waals surface area (Å²) < 4.78 is 0. The zero-order valence-electron chi connectivity index (χ0n) is 16.3. The highest BCUT2D eigenvalue weighted by molar-refractivity contribution is 5.94. The van der Waals surface area contributed by atoms with Gasteiger partial charge in [0.1, 0.15) is 0 Å². The van der Waals surface area contributed by atoms with Gasteiger partial charge in [-0.05, 0) is 41.7 Å². The molecule has 0 bridgehead atoms. The van der Waals surface area contributed by atoms with E-state index < -0.39 is 6.03 Å². The molecular formula is C22H28N4O2. The Bertz CT molecular complexity index is 820. The lowest BCUT2D eigenvalue weighted by Gasteiger charge is -2.35. The molecule has 28 heavy (non-hydrogen) atoms. The van der Waals surface area contributed by atoms with E-state index in [0.29, 0.717) is 24.7 Å². The summed E-state index contributed by atoms with van der Waals surface area (Å²) in [6.07, 6.45) is 2.04. The Morgan fingerprint density at radius 3 is 2.46 bits per heavy atom. The first kappa shape index (κ1) is 19.9. The highest BCUT2D eigenvalue weighted by Gasteiger charge is 2.22. The lowest BCUT2D eigenvalue weighted by atomic mass is 9.98. The lowest BCUT2D eigenvalue weighted by molar-refractivity contribution is 0.0926. The van der Waals surface area contributed by atoms with Gasteiger partial charge in [0.05, 0.1) is 0 Å². The number of carbonyl (C=O) groups is 2. The van der Waals surface area contributed by atoms with E-state index in [2.05, 4.69) is 46.7 Å². The van der Waals surface area contributed by atoms with Gasteiger partial charge in [-0.25, -0.2) is 4.79 Å². The zero-order valence-corrected chi connectivity index (χ0v) is 16.3. The summed E-state index contributed by atoms with van der Waals surface area (Å²) >= 11 is 0. The molecule has 1 atom stereocenters. The molecule has 1 aliphatic heterocycles. The number of nitrogens with zero attached hydrogens (tertiary/aromatic N) is 1. The minimum absolute atomic E-state index is 0.0785. The van der Waals surface area contributed by atoms with Crippen molar-refractivity contribution in [3.63, 3.8) is 0 Å². The minimum atomic E-state index is -0.562. The molecule has 6 nitrogen and oxygen atoms in total. The summed E-state index contributed by atoms with van der Waals surface area (Å²) in [5.74, 6) is -0.0785. The van der Waals surface area contributed by atoms with E-state index in [1.54, 1.807) is 12.1 Å². The van der Waals surface area contributed by atoms with Crippen LogP contribution in [0.5, 0.6) is 0 Å². The maximum absolute atomic E-state index is 12.5. The Morgan fingerprint density at radius 2 is 1.79 bits per heavy atom. The number of benzene rings is 2. The van der Waals surface area contributed by atoms with Crippen molar-refractivity contribution < 1.29 is 9.59 Å². The van der Waals surface area contributed by atoms with Gasteiger partial charge in [0, 0.05) is 37.8 Å². The standard InChI is InChI=1S/C22H28N4O2/c1-2-20(26-12-11-17-5-3-4-6-19(17)15-26)14-24-21(27)18-9-7-16(8-10-18)13-25-22(23)28/h3-10,20H,2,11-15H2,1H3,(H,24,27)(H3,23,25,28)/t20-/m1/s1. The average Bonchev–Trinajstić information content (AvgIpc) is 2.72. The number of nitrogens with two attached hydrogens (primary N) is 1. The number of carbonyl (C=O) groups excluding carboxylic acids is 2. The number of nitrogens with one attached hydrogen (secondary N) is 2. The van der Waals surface area contributed by atoms with Crippen molar-refractivity contribution in [2.75, 3.05) is 13.1 Å². The molecule has 2 aromatic carbocycles. The SMILES string of the molecule is CC[C@H](CNC(=O)c1ccc(CNC(N)=O)cc1)N1CCc2ccccc2C1. The topological polar surface area (TPSA) is 87.5 Å². The molecule has 4 N–H and O–H groups in total. The quantitative estimate of drug-likeness (QED) is 0.689. The van der Waals surface area contributed by atoms with Crippen LogP contribution in [0.2, 0.25) is 0 Å². The van der Waals surface area contributed by atoms with Crippen LogP contribution in [0.1, 0.15) is 40.4 Å². The van der Waals surface area contributed by atoms with Gasteiger partial charge in [0.25, 0.3) is 5.91 Å². The van der Waals surface area contributed by atoms with Crippen LogP contribution in [-0.4, -0.2) is 36.0 Å². The molecule has 0 radical (unpaired) electrons. The smallest absolute Gasteiger partial charge is 0.312 e. The number of primary amides is 1. The molecule has 0 saturated carbocycles. The van der Waals surface area contributed by atoms with Crippen molar-refractivity contribution >= 4 is 11.9 Å². The summed E-state index contributed by atoms with van der Waals surface area (Å²) in [6.45, 7) is 5.10. The van der Waals surface area contributed by atoms with E-state index in [0.717, 1.165) is 31.5 Å². The fourth-order valence-electron chi connectivity index (χ4n) is 3.64. The van der Waals surface area contributed by atoms with Gasteiger partial charge in [-0.3, -0.25) is 9.69 Å². The first-order valence-electron chi connectivity index (χ1n) is 9.78. The highest BCUT2D eigenvalue weighted by atomic mass is 16.2. The van der Waals surface area contributed by atoms with Crippen molar-refractivity contribution in [1.82, 2.24) is 15.5 Å². The van der Waals surface area contributed by atoms with E-state index in [9.17, 15) is 9.59 Å². The highest BCUT2D eigenvalue weighted by Crippen LogP contribution is 2.21. The van der Waals surface area contributed by atoms with Crippen LogP contribution in [0, 0.1) is 0 Å². The third kappa shape index (κ3) is 5.10. The minimum Gasteiger partial charge on any atom is -0.352 e. The molecule has 0 unspecified atom stereocenters.